The van der Waals surface area contributed by atoms with Crippen LogP contribution < -0.4 is 10.1 Å². The average Bonchev–Trinajstić information content (AvgIpc) is 2.54. The maximum absolute atomic E-state index is 12.2. The molecule has 8 heteroatoms. The molecule has 0 atom stereocenters. The molecule has 1 fully saturated rings. The Kier molecular flexibility index (Phi) is 6.50. The molecule has 1 aliphatic heterocycles. The molecule has 2 rings (SSSR count). The summed E-state index contributed by atoms with van der Waals surface area (Å²) in [4.78, 5) is 27.2. The molecule has 0 radical (unpaired) electrons. The summed E-state index contributed by atoms with van der Waals surface area (Å²) >= 11 is 11.8. The molecule has 23 heavy (non-hydrogen) atoms. The lowest BCUT2D eigenvalue weighted by atomic mass is 10.3. The number of hydrogen-bond donors (Lipinski definition) is 1. The first-order valence-electron chi connectivity index (χ1n) is 7.28. The number of benzene rings is 1. The zero-order chi connectivity index (χ0) is 16.8. The standard InChI is InChI=1S/C15H19Cl2N3O3/c1-18-14(21)9-19-4-6-20(7-5-19)15(22)10-23-13-3-2-11(16)8-12(13)17/h2-3,8H,4-7,9-10H2,1H3,(H,18,21). The summed E-state index contributed by atoms with van der Waals surface area (Å²) in [7, 11) is 1.61. The van der Waals surface area contributed by atoms with Crippen molar-refractivity contribution < 1.29 is 14.3 Å². The Morgan fingerprint density at radius 2 is 1.91 bits per heavy atom. The van der Waals surface area contributed by atoms with Gasteiger partial charge in [0, 0.05) is 38.2 Å². The molecule has 126 valence electrons. The van der Waals surface area contributed by atoms with Crippen molar-refractivity contribution in [2.75, 3.05) is 46.4 Å². The zero-order valence-electron chi connectivity index (χ0n) is 12.8. The van der Waals surface area contributed by atoms with Crippen LogP contribution >= 0.6 is 23.2 Å². The Bertz CT molecular complexity index is 575. The molecule has 1 heterocycles. The SMILES string of the molecule is CNC(=O)CN1CCN(C(=O)COc2ccc(Cl)cc2Cl)CC1. The van der Waals surface area contributed by atoms with E-state index in [1.807, 2.05) is 4.90 Å². The Labute approximate surface area is 145 Å². The summed E-state index contributed by atoms with van der Waals surface area (Å²) in [6.07, 6.45) is 0. The summed E-state index contributed by atoms with van der Waals surface area (Å²) in [6.45, 7) is 2.77. The summed E-state index contributed by atoms with van der Waals surface area (Å²) in [5, 5.41) is 3.48. The molecule has 1 aliphatic rings. The molecule has 2 amide bonds. The van der Waals surface area contributed by atoms with E-state index in [1.165, 1.54) is 0 Å². The molecule has 0 aliphatic carbocycles. The monoisotopic (exact) mass is 359 g/mol. The van der Waals surface area contributed by atoms with E-state index in [1.54, 1.807) is 30.1 Å². The van der Waals surface area contributed by atoms with Crippen LogP contribution in [0.5, 0.6) is 5.75 Å². The fourth-order valence-electron chi connectivity index (χ4n) is 2.26. The van der Waals surface area contributed by atoms with Crippen molar-refractivity contribution >= 4 is 35.0 Å². The maximum Gasteiger partial charge on any atom is 0.260 e. The van der Waals surface area contributed by atoms with Gasteiger partial charge >= 0.3 is 0 Å². The molecular formula is C15H19Cl2N3O3. The Morgan fingerprint density at radius 3 is 2.52 bits per heavy atom. The number of carbonyl (C=O) groups excluding carboxylic acids is 2. The predicted molar refractivity (Wildman–Crippen MR) is 89.0 cm³/mol. The molecular weight excluding hydrogens is 341 g/mol. The van der Waals surface area contributed by atoms with Crippen LogP contribution in [0.3, 0.4) is 0 Å². The highest BCUT2D eigenvalue weighted by Crippen LogP contribution is 2.27. The average molecular weight is 360 g/mol. The minimum atomic E-state index is -0.101. The summed E-state index contributed by atoms with van der Waals surface area (Å²) in [5.74, 6) is 0.309. The van der Waals surface area contributed by atoms with E-state index in [0.29, 0.717) is 48.5 Å². The van der Waals surface area contributed by atoms with Crippen molar-refractivity contribution in [1.82, 2.24) is 15.1 Å². The van der Waals surface area contributed by atoms with Crippen LogP contribution in [0.2, 0.25) is 10.0 Å². The molecule has 0 unspecified atom stereocenters. The van der Waals surface area contributed by atoms with Gasteiger partial charge in [0.1, 0.15) is 5.75 Å². The number of piperazine rings is 1. The van der Waals surface area contributed by atoms with Gasteiger partial charge < -0.3 is 15.0 Å². The van der Waals surface area contributed by atoms with Crippen LogP contribution in [0.15, 0.2) is 18.2 Å². The molecule has 0 saturated carbocycles. The lowest BCUT2D eigenvalue weighted by molar-refractivity contribution is -0.135. The molecule has 0 bridgehead atoms. The van der Waals surface area contributed by atoms with Crippen LogP contribution in [-0.4, -0.2) is 68.0 Å². The number of nitrogens with one attached hydrogen (secondary N) is 1. The lowest BCUT2D eigenvalue weighted by Gasteiger charge is -2.34. The van der Waals surface area contributed by atoms with Crippen LogP contribution in [-0.2, 0) is 9.59 Å². The summed E-state index contributed by atoms with van der Waals surface area (Å²) < 4.78 is 5.46. The van der Waals surface area contributed by atoms with E-state index >= 15 is 0 Å². The Balaban J connectivity index is 1.78. The highest BCUT2D eigenvalue weighted by atomic mass is 35.5. The van der Waals surface area contributed by atoms with E-state index < -0.39 is 0 Å². The van der Waals surface area contributed by atoms with Crippen molar-refractivity contribution in [3.63, 3.8) is 0 Å². The van der Waals surface area contributed by atoms with Gasteiger partial charge in [-0.05, 0) is 18.2 Å². The molecule has 1 aromatic carbocycles. The van der Waals surface area contributed by atoms with Gasteiger partial charge in [0.2, 0.25) is 5.91 Å². The fourth-order valence-corrected chi connectivity index (χ4v) is 2.72. The van der Waals surface area contributed by atoms with E-state index in [4.69, 9.17) is 27.9 Å². The zero-order valence-corrected chi connectivity index (χ0v) is 14.4. The lowest BCUT2D eigenvalue weighted by Crippen LogP contribution is -2.51. The van der Waals surface area contributed by atoms with Gasteiger partial charge in [0.25, 0.3) is 5.91 Å². The van der Waals surface area contributed by atoms with Gasteiger partial charge in [0.15, 0.2) is 6.61 Å². The molecule has 1 aromatic rings. The van der Waals surface area contributed by atoms with E-state index in [9.17, 15) is 9.59 Å². The molecule has 0 aromatic heterocycles. The quantitative estimate of drug-likeness (QED) is 0.859. The largest absolute Gasteiger partial charge is 0.482 e. The number of ether oxygens (including phenoxy) is 1. The normalized spacial score (nSPS) is 15.3. The summed E-state index contributed by atoms with van der Waals surface area (Å²) in [5.41, 5.74) is 0. The number of nitrogens with zero attached hydrogens (tertiary/aromatic N) is 2. The van der Waals surface area contributed by atoms with Crippen molar-refractivity contribution in [1.29, 1.82) is 0 Å². The first-order valence-corrected chi connectivity index (χ1v) is 8.03. The predicted octanol–water partition coefficient (Wildman–Crippen LogP) is 1.26. The number of amides is 2. The Hall–Kier alpha value is -1.50. The van der Waals surface area contributed by atoms with E-state index in [2.05, 4.69) is 5.32 Å². The van der Waals surface area contributed by atoms with Gasteiger partial charge in [-0.15, -0.1) is 0 Å². The number of likely N-dealkylation sites (N-methyl/N-ethyl adjacent to an activating group) is 1. The van der Waals surface area contributed by atoms with Crippen LogP contribution in [0, 0.1) is 0 Å². The second-order valence-corrected chi connectivity index (χ2v) is 6.04. The minimum Gasteiger partial charge on any atom is -0.482 e. The van der Waals surface area contributed by atoms with Crippen molar-refractivity contribution in [3.05, 3.63) is 28.2 Å². The van der Waals surface area contributed by atoms with Gasteiger partial charge in [-0.3, -0.25) is 14.5 Å². The third-order valence-electron chi connectivity index (χ3n) is 3.62. The first-order chi connectivity index (χ1) is 11.0. The van der Waals surface area contributed by atoms with E-state index in [-0.39, 0.29) is 18.4 Å². The number of hydrogen-bond acceptors (Lipinski definition) is 4. The van der Waals surface area contributed by atoms with Gasteiger partial charge in [-0.2, -0.15) is 0 Å². The first kappa shape index (κ1) is 17.8. The summed E-state index contributed by atoms with van der Waals surface area (Å²) in [6, 6.07) is 4.87. The van der Waals surface area contributed by atoms with Gasteiger partial charge in [-0.25, -0.2) is 0 Å². The van der Waals surface area contributed by atoms with Crippen molar-refractivity contribution in [3.8, 4) is 5.75 Å². The van der Waals surface area contributed by atoms with Crippen LogP contribution in [0.4, 0.5) is 0 Å². The molecule has 0 spiro atoms. The highest BCUT2D eigenvalue weighted by molar-refractivity contribution is 6.35. The molecule has 1 saturated heterocycles. The second kappa shape index (κ2) is 8.38. The fraction of sp³-hybridized carbons (Fsp3) is 0.467. The van der Waals surface area contributed by atoms with Crippen molar-refractivity contribution in [2.24, 2.45) is 0 Å². The van der Waals surface area contributed by atoms with Gasteiger partial charge in [0.05, 0.1) is 11.6 Å². The smallest absolute Gasteiger partial charge is 0.260 e. The Morgan fingerprint density at radius 1 is 1.22 bits per heavy atom. The molecule has 6 nitrogen and oxygen atoms in total. The van der Waals surface area contributed by atoms with Crippen molar-refractivity contribution in [2.45, 2.75) is 0 Å². The van der Waals surface area contributed by atoms with Crippen LogP contribution in [0.25, 0.3) is 0 Å². The van der Waals surface area contributed by atoms with Gasteiger partial charge in [-0.1, -0.05) is 23.2 Å². The minimum absolute atomic E-state index is 0.0227. The second-order valence-electron chi connectivity index (χ2n) is 5.19. The maximum atomic E-state index is 12.2. The highest BCUT2D eigenvalue weighted by Gasteiger charge is 2.22. The third-order valence-corrected chi connectivity index (χ3v) is 4.15. The third kappa shape index (κ3) is 5.27. The van der Waals surface area contributed by atoms with E-state index in [0.717, 1.165) is 0 Å². The van der Waals surface area contributed by atoms with Crippen LogP contribution in [0.1, 0.15) is 0 Å². The number of halogens is 2. The molecule has 1 N–H and O–H groups in total. The number of rotatable bonds is 5. The topological polar surface area (TPSA) is 61.9 Å². The number of carbonyl (C=O) groups is 2.